The second-order valence-corrected chi connectivity index (χ2v) is 7.94. The zero-order valence-electron chi connectivity index (χ0n) is 17.7. The number of aliphatic hydroxyl groups is 1. The summed E-state index contributed by atoms with van der Waals surface area (Å²) >= 11 is 6.35. The van der Waals surface area contributed by atoms with Gasteiger partial charge >= 0.3 is 0 Å². The number of para-hydroxylation sites is 1. The van der Waals surface area contributed by atoms with Gasteiger partial charge < -0.3 is 19.7 Å². The van der Waals surface area contributed by atoms with E-state index >= 15 is 0 Å². The van der Waals surface area contributed by atoms with Crippen molar-refractivity contribution in [2.75, 3.05) is 40.0 Å². The van der Waals surface area contributed by atoms with Gasteiger partial charge in [-0.05, 0) is 31.0 Å². The highest BCUT2D eigenvalue weighted by molar-refractivity contribution is 6.31. The topological polar surface area (TPSA) is 65.4 Å². The van der Waals surface area contributed by atoms with Gasteiger partial charge in [0.1, 0.15) is 5.75 Å². The molecule has 2 aromatic carbocycles. The molecule has 0 bridgehead atoms. The van der Waals surface area contributed by atoms with Crippen LogP contribution in [0.2, 0.25) is 5.02 Å². The maximum atomic E-state index is 9.90. The van der Waals surface area contributed by atoms with E-state index < -0.39 is 0 Å². The van der Waals surface area contributed by atoms with Crippen LogP contribution >= 0.6 is 11.6 Å². The molecule has 1 fully saturated rings. The molecule has 0 radical (unpaired) electrons. The van der Waals surface area contributed by atoms with Gasteiger partial charge in [-0.3, -0.25) is 9.80 Å². The normalized spacial score (nSPS) is 17.8. The first-order valence-electron chi connectivity index (χ1n) is 10.4. The number of hydrogen-bond donors (Lipinski definition) is 2. The third-order valence-electron chi connectivity index (χ3n) is 5.54. The van der Waals surface area contributed by atoms with E-state index in [1.807, 2.05) is 25.1 Å². The maximum absolute atomic E-state index is 9.90. The molecule has 2 aromatic rings. The fourth-order valence-electron chi connectivity index (χ4n) is 3.99. The SMILES string of the molecule is CCOc1ccccc1CN1CCN(Cc2cc(OC)c(O)cc2Cl)C[C@H]1CCO. The number of phenols is 1. The predicted octanol–water partition coefficient (Wildman–Crippen LogP) is 3.52. The highest BCUT2D eigenvalue weighted by Gasteiger charge is 2.28. The molecule has 0 aromatic heterocycles. The molecule has 3 rings (SSSR count). The third-order valence-corrected chi connectivity index (χ3v) is 5.89. The van der Waals surface area contributed by atoms with Crippen molar-refractivity contribution < 1.29 is 19.7 Å². The van der Waals surface area contributed by atoms with Crippen molar-refractivity contribution in [2.24, 2.45) is 0 Å². The summed E-state index contributed by atoms with van der Waals surface area (Å²) in [5.41, 5.74) is 2.09. The van der Waals surface area contributed by atoms with E-state index in [0.717, 1.165) is 37.5 Å². The van der Waals surface area contributed by atoms with Crippen LogP contribution in [0.25, 0.3) is 0 Å². The summed E-state index contributed by atoms with van der Waals surface area (Å²) in [5.74, 6) is 1.39. The van der Waals surface area contributed by atoms with Crippen molar-refractivity contribution in [2.45, 2.75) is 32.5 Å². The molecule has 164 valence electrons. The minimum Gasteiger partial charge on any atom is -0.504 e. The van der Waals surface area contributed by atoms with Crippen molar-refractivity contribution in [1.82, 2.24) is 9.80 Å². The third kappa shape index (κ3) is 5.58. The lowest BCUT2D eigenvalue weighted by atomic mass is 10.1. The molecule has 6 nitrogen and oxygen atoms in total. The summed E-state index contributed by atoms with van der Waals surface area (Å²) in [6, 6.07) is 11.7. The molecule has 0 amide bonds. The summed E-state index contributed by atoms with van der Waals surface area (Å²) in [4.78, 5) is 4.76. The molecule has 1 saturated heterocycles. The number of ether oxygens (including phenoxy) is 2. The van der Waals surface area contributed by atoms with Crippen LogP contribution in [0.3, 0.4) is 0 Å². The fourth-order valence-corrected chi connectivity index (χ4v) is 4.21. The first kappa shape index (κ1) is 22.7. The van der Waals surface area contributed by atoms with Crippen LogP contribution in [0.15, 0.2) is 36.4 Å². The number of piperazine rings is 1. The van der Waals surface area contributed by atoms with Gasteiger partial charge in [0.15, 0.2) is 11.5 Å². The molecule has 1 atom stereocenters. The summed E-state index contributed by atoms with van der Waals surface area (Å²) in [6.07, 6.45) is 0.708. The van der Waals surface area contributed by atoms with Crippen LogP contribution in [-0.2, 0) is 13.1 Å². The number of aliphatic hydroxyl groups excluding tert-OH is 1. The Hall–Kier alpha value is -1.99. The first-order valence-corrected chi connectivity index (χ1v) is 10.8. The van der Waals surface area contributed by atoms with E-state index in [0.29, 0.717) is 30.3 Å². The number of nitrogens with zero attached hydrogens (tertiary/aromatic N) is 2. The van der Waals surface area contributed by atoms with Crippen molar-refractivity contribution in [3.8, 4) is 17.2 Å². The molecule has 1 heterocycles. The lowest BCUT2D eigenvalue weighted by Gasteiger charge is -2.41. The smallest absolute Gasteiger partial charge is 0.160 e. The summed E-state index contributed by atoms with van der Waals surface area (Å²) in [6.45, 7) is 6.85. The molecule has 0 aliphatic carbocycles. The Balaban J connectivity index is 1.70. The molecule has 0 saturated carbocycles. The minimum absolute atomic E-state index is 0.0437. The van der Waals surface area contributed by atoms with E-state index in [1.54, 1.807) is 6.07 Å². The lowest BCUT2D eigenvalue weighted by Crippen LogP contribution is -2.52. The Labute approximate surface area is 183 Å². The number of methoxy groups -OCH3 is 1. The van der Waals surface area contributed by atoms with Gasteiger partial charge in [-0.1, -0.05) is 29.8 Å². The monoisotopic (exact) mass is 434 g/mol. The Morgan fingerprint density at radius 3 is 2.63 bits per heavy atom. The molecule has 1 aliphatic heterocycles. The molecule has 1 aliphatic rings. The van der Waals surface area contributed by atoms with Crippen molar-refractivity contribution in [3.05, 3.63) is 52.5 Å². The maximum Gasteiger partial charge on any atom is 0.160 e. The standard InChI is InChI=1S/C23H31ClN2O4/c1-3-30-22-7-5-4-6-17(22)15-26-10-9-25(16-19(26)8-11-27)14-18-12-23(29-2)21(28)13-20(18)24/h4-7,12-13,19,27-28H,3,8-11,14-16H2,1-2H3/t19-/m1/s1. The molecule has 0 spiro atoms. The first-order chi connectivity index (χ1) is 14.5. The highest BCUT2D eigenvalue weighted by atomic mass is 35.5. The molecule has 30 heavy (non-hydrogen) atoms. The summed E-state index contributed by atoms with van der Waals surface area (Å²) in [5, 5.41) is 20.1. The number of phenolic OH excluding ortho intramolecular Hbond substituents is 1. The molecule has 2 N–H and O–H groups in total. The van der Waals surface area contributed by atoms with Gasteiger partial charge in [0.25, 0.3) is 0 Å². The zero-order chi connectivity index (χ0) is 21.5. The van der Waals surface area contributed by atoms with Crippen LogP contribution in [0.5, 0.6) is 17.2 Å². The van der Waals surface area contributed by atoms with Gasteiger partial charge in [-0.2, -0.15) is 0 Å². The summed E-state index contributed by atoms with van der Waals surface area (Å²) in [7, 11) is 1.53. The van der Waals surface area contributed by atoms with Crippen LogP contribution < -0.4 is 9.47 Å². The Kier molecular flexibility index (Phi) is 8.22. The zero-order valence-corrected chi connectivity index (χ0v) is 18.4. The van der Waals surface area contributed by atoms with E-state index in [1.165, 1.54) is 18.7 Å². The Morgan fingerprint density at radius 1 is 1.10 bits per heavy atom. The predicted molar refractivity (Wildman–Crippen MR) is 118 cm³/mol. The largest absolute Gasteiger partial charge is 0.504 e. The fraction of sp³-hybridized carbons (Fsp3) is 0.478. The number of aromatic hydroxyl groups is 1. The number of rotatable bonds is 9. The van der Waals surface area contributed by atoms with Crippen molar-refractivity contribution >= 4 is 11.6 Å². The highest BCUT2D eigenvalue weighted by Crippen LogP contribution is 2.33. The van der Waals surface area contributed by atoms with Gasteiger partial charge in [0.05, 0.1) is 13.7 Å². The lowest BCUT2D eigenvalue weighted by molar-refractivity contribution is 0.0494. The van der Waals surface area contributed by atoms with Gasteiger partial charge in [0.2, 0.25) is 0 Å². The van der Waals surface area contributed by atoms with Crippen LogP contribution in [0.4, 0.5) is 0 Å². The van der Waals surface area contributed by atoms with Crippen LogP contribution in [0, 0.1) is 0 Å². The number of halogens is 1. The van der Waals surface area contributed by atoms with Gasteiger partial charge in [0, 0.05) is 62.0 Å². The number of hydrogen-bond acceptors (Lipinski definition) is 6. The van der Waals surface area contributed by atoms with E-state index in [2.05, 4.69) is 15.9 Å². The van der Waals surface area contributed by atoms with E-state index in [9.17, 15) is 10.2 Å². The number of benzene rings is 2. The molecule has 0 unspecified atom stereocenters. The average Bonchev–Trinajstić information content (AvgIpc) is 2.73. The van der Waals surface area contributed by atoms with Crippen LogP contribution in [-0.4, -0.2) is 66.0 Å². The second kappa shape index (κ2) is 10.9. The molecular weight excluding hydrogens is 404 g/mol. The Bertz CT molecular complexity index is 833. The average molecular weight is 435 g/mol. The second-order valence-electron chi connectivity index (χ2n) is 7.53. The minimum atomic E-state index is 0.0437. The molecule has 7 heteroatoms. The van der Waals surface area contributed by atoms with Gasteiger partial charge in [-0.15, -0.1) is 0 Å². The van der Waals surface area contributed by atoms with Crippen LogP contribution in [0.1, 0.15) is 24.5 Å². The van der Waals surface area contributed by atoms with Gasteiger partial charge in [-0.25, -0.2) is 0 Å². The quantitative estimate of drug-likeness (QED) is 0.629. The molecular formula is C23H31ClN2O4. The van der Waals surface area contributed by atoms with Crippen molar-refractivity contribution in [3.63, 3.8) is 0 Å². The Morgan fingerprint density at radius 2 is 1.90 bits per heavy atom. The summed E-state index contributed by atoms with van der Waals surface area (Å²) < 4.78 is 11.0. The van der Waals surface area contributed by atoms with E-state index in [-0.39, 0.29) is 18.4 Å². The van der Waals surface area contributed by atoms with Crippen molar-refractivity contribution in [1.29, 1.82) is 0 Å². The van der Waals surface area contributed by atoms with E-state index in [4.69, 9.17) is 21.1 Å².